The van der Waals surface area contributed by atoms with Gasteiger partial charge in [-0.1, -0.05) is 133 Å². The van der Waals surface area contributed by atoms with E-state index in [9.17, 15) is 14.4 Å². The first-order chi connectivity index (χ1) is 25.3. The van der Waals surface area contributed by atoms with Gasteiger partial charge in [-0.3, -0.25) is 19.3 Å². The number of amidine groups is 1. The summed E-state index contributed by atoms with van der Waals surface area (Å²) in [4.78, 5) is 46.8. The highest BCUT2D eigenvalue weighted by Gasteiger charge is 2.35. The van der Waals surface area contributed by atoms with Gasteiger partial charge in [-0.15, -0.1) is 6.58 Å². The van der Waals surface area contributed by atoms with Crippen LogP contribution in [0.3, 0.4) is 0 Å². The molecule has 3 amide bonds. The van der Waals surface area contributed by atoms with Crippen molar-refractivity contribution in [2.24, 2.45) is 4.99 Å². The lowest BCUT2D eigenvalue weighted by Gasteiger charge is -2.28. The predicted molar refractivity (Wildman–Crippen MR) is 212 cm³/mol. The number of thioether (sulfide) groups is 1. The first kappa shape index (κ1) is 37.6. The van der Waals surface area contributed by atoms with E-state index in [1.807, 2.05) is 97.1 Å². The molecule has 0 aromatic heterocycles. The van der Waals surface area contributed by atoms with Crippen LogP contribution < -0.4 is 10.1 Å². The van der Waals surface area contributed by atoms with Crippen molar-refractivity contribution in [2.75, 3.05) is 5.75 Å². The number of ether oxygens (including phenoxy) is 1. The number of carbonyl (C=O) groups is 3. The SMILES string of the molecule is C=C/C=C\C(=C/C)N1C(=O)/C(=C/c2ccc(OCc3ccc(Cl)cc3)c(CC=C)c2)C(=O)N=C1SCC(=O)NC(c1ccccc1)c1ccccc1. The summed E-state index contributed by atoms with van der Waals surface area (Å²) in [5.74, 6) is -0.988. The third kappa shape index (κ3) is 9.75. The van der Waals surface area contributed by atoms with Gasteiger partial charge in [0.15, 0.2) is 5.17 Å². The van der Waals surface area contributed by atoms with E-state index in [1.165, 1.54) is 11.0 Å². The molecule has 262 valence electrons. The Bertz CT molecular complexity index is 2020. The van der Waals surface area contributed by atoms with E-state index in [0.717, 1.165) is 34.0 Å². The zero-order valence-electron chi connectivity index (χ0n) is 28.7. The summed E-state index contributed by atoms with van der Waals surface area (Å²) in [5.41, 5.74) is 4.62. The minimum atomic E-state index is -0.702. The van der Waals surface area contributed by atoms with Crippen LogP contribution in [0.4, 0.5) is 0 Å². The van der Waals surface area contributed by atoms with Crippen LogP contribution in [0.15, 0.2) is 163 Å². The molecule has 0 saturated carbocycles. The topological polar surface area (TPSA) is 88.1 Å². The monoisotopic (exact) mass is 727 g/mol. The maximum atomic E-state index is 14.2. The van der Waals surface area contributed by atoms with Gasteiger partial charge in [0.25, 0.3) is 11.8 Å². The average Bonchev–Trinajstić information content (AvgIpc) is 3.16. The Morgan fingerprint density at radius 1 is 0.962 bits per heavy atom. The molecule has 0 atom stereocenters. The van der Waals surface area contributed by atoms with E-state index in [-0.39, 0.29) is 28.4 Å². The molecule has 0 radical (unpaired) electrons. The minimum Gasteiger partial charge on any atom is -0.489 e. The Balaban J connectivity index is 1.40. The third-order valence-corrected chi connectivity index (χ3v) is 9.17. The molecular formula is C43H38ClN3O4S. The van der Waals surface area contributed by atoms with Gasteiger partial charge in [-0.25, -0.2) is 0 Å². The van der Waals surface area contributed by atoms with Gasteiger partial charge < -0.3 is 10.1 Å². The van der Waals surface area contributed by atoms with Crippen LogP contribution in [0.1, 0.15) is 40.8 Å². The van der Waals surface area contributed by atoms with Crippen molar-refractivity contribution in [3.05, 3.63) is 191 Å². The van der Waals surface area contributed by atoms with E-state index in [1.54, 1.807) is 43.4 Å². The van der Waals surface area contributed by atoms with Gasteiger partial charge in [0.1, 0.15) is 17.9 Å². The number of benzene rings is 4. The predicted octanol–water partition coefficient (Wildman–Crippen LogP) is 9.04. The second kappa shape index (κ2) is 18.5. The number of aliphatic imine (C=N–C) groups is 1. The fourth-order valence-electron chi connectivity index (χ4n) is 5.45. The smallest absolute Gasteiger partial charge is 0.285 e. The number of hydrogen-bond acceptors (Lipinski definition) is 5. The van der Waals surface area contributed by atoms with Crippen molar-refractivity contribution in [1.82, 2.24) is 10.2 Å². The zero-order valence-corrected chi connectivity index (χ0v) is 30.3. The number of carbonyl (C=O) groups excluding carboxylic acids is 3. The molecule has 4 aromatic rings. The Morgan fingerprint density at radius 2 is 1.63 bits per heavy atom. The second-order valence-corrected chi connectivity index (χ2v) is 13.0. The summed E-state index contributed by atoms with van der Waals surface area (Å²) in [6, 6.07) is 31.8. The summed E-state index contributed by atoms with van der Waals surface area (Å²) in [5, 5.41) is 3.85. The Kier molecular flexibility index (Phi) is 13.4. The van der Waals surface area contributed by atoms with Crippen LogP contribution in [0.2, 0.25) is 5.02 Å². The zero-order chi connectivity index (χ0) is 36.9. The number of nitrogens with zero attached hydrogens (tertiary/aromatic N) is 2. The van der Waals surface area contributed by atoms with Gasteiger partial charge in [-0.2, -0.15) is 4.99 Å². The number of nitrogens with one attached hydrogen (secondary N) is 1. The van der Waals surface area contributed by atoms with Gasteiger partial charge >= 0.3 is 0 Å². The molecule has 0 bridgehead atoms. The fourth-order valence-corrected chi connectivity index (χ4v) is 6.38. The molecular weight excluding hydrogens is 690 g/mol. The Hall–Kier alpha value is -5.70. The van der Waals surface area contributed by atoms with Crippen molar-refractivity contribution >= 4 is 52.3 Å². The fraction of sp³-hybridized carbons (Fsp3) is 0.116. The molecule has 0 aliphatic carbocycles. The van der Waals surface area contributed by atoms with E-state index in [0.29, 0.717) is 35.1 Å². The van der Waals surface area contributed by atoms with Gasteiger partial charge in [-0.05, 0) is 77.6 Å². The summed E-state index contributed by atoms with van der Waals surface area (Å²) in [6.45, 7) is 9.73. The largest absolute Gasteiger partial charge is 0.489 e. The molecule has 52 heavy (non-hydrogen) atoms. The van der Waals surface area contributed by atoms with Crippen molar-refractivity contribution in [1.29, 1.82) is 0 Å². The lowest BCUT2D eigenvalue weighted by Crippen LogP contribution is -2.42. The van der Waals surface area contributed by atoms with Crippen molar-refractivity contribution in [3.63, 3.8) is 0 Å². The van der Waals surface area contributed by atoms with Gasteiger partial charge in [0, 0.05) is 10.7 Å². The first-order valence-corrected chi connectivity index (χ1v) is 17.9. The van der Waals surface area contributed by atoms with E-state index in [2.05, 4.69) is 23.5 Å². The van der Waals surface area contributed by atoms with Crippen LogP contribution >= 0.6 is 23.4 Å². The molecule has 1 N–H and O–H groups in total. The van der Waals surface area contributed by atoms with E-state index >= 15 is 0 Å². The van der Waals surface area contributed by atoms with Crippen molar-refractivity contribution < 1.29 is 19.1 Å². The summed E-state index contributed by atoms with van der Waals surface area (Å²) >= 11 is 7.03. The molecule has 1 aliphatic heterocycles. The van der Waals surface area contributed by atoms with Crippen LogP contribution in [-0.2, 0) is 27.4 Å². The quantitative estimate of drug-likeness (QED) is 0.0606. The van der Waals surface area contributed by atoms with Gasteiger partial charge in [0.2, 0.25) is 5.91 Å². The lowest BCUT2D eigenvalue weighted by molar-refractivity contribution is -0.126. The molecule has 0 spiro atoms. The number of rotatable bonds is 14. The van der Waals surface area contributed by atoms with Crippen LogP contribution in [0.5, 0.6) is 5.75 Å². The normalized spacial score (nSPS) is 14.1. The number of halogens is 1. The van der Waals surface area contributed by atoms with Crippen molar-refractivity contribution in [2.45, 2.75) is 26.0 Å². The standard InChI is InChI=1S/C43H38ClN3O4S/c1-4-7-19-36(6-3)47-42(50)37(27-31-22-25-38(34(26-31)14-5-2)51-28-30-20-23-35(44)24-21-30)41(49)46-43(47)52-29-39(48)45-40(32-15-10-8-11-16-32)33-17-12-9-13-18-33/h4-13,15-27,40H,1-2,14,28-29H2,3H3,(H,45,48)/b19-7-,36-6+,37-27+. The molecule has 0 fully saturated rings. The van der Waals surface area contributed by atoms with E-state index < -0.39 is 11.8 Å². The Labute approximate surface area is 313 Å². The van der Waals surface area contributed by atoms with Crippen molar-refractivity contribution in [3.8, 4) is 5.75 Å². The second-order valence-electron chi connectivity index (χ2n) is 11.6. The summed E-state index contributed by atoms with van der Waals surface area (Å²) in [7, 11) is 0. The lowest BCUT2D eigenvalue weighted by atomic mass is 9.99. The molecule has 0 unspecified atom stereocenters. The highest BCUT2D eigenvalue weighted by Crippen LogP contribution is 2.29. The molecule has 4 aromatic carbocycles. The molecule has 0 saturated heterocycles. The first-order valence-electron chi connectivity index (χ1n) is 16.6. The van der Waals surface area contributed by atoms with Crippen LogP contribution in [0, 0.1) is 0 Å². The summed E-state index contributed by atoms with van der Waals surface area (Å²) < 4.78 is 6.10. The summed E-state index contributed by atoms with van der Waals surface area (Å²) in [6.07, 6.45) is 10.5. The molecule has 1 heterocycles. The minimum absolute atomic E-state index is 0.0876. The number of hydrogen-bond donors (Lipinski definition) is 1. The van der Waals surface area contributed by atoms with Gasteiger partial charge in [0.05, 0.1) is 11.8 Å². The average molecular weight is 728 g/mol. The Morgan fingerprint density at radius 3 is 2.25 bits per heavy atom. The maximum Gasteiger partial charge on any atom is 0.285 e. The van der Waals surface area contributed by atoms with Crippen LogP contribution in [-0.4, -0.2) is 33.5 Å². The highest BCUT2D eigenvalue weighted by atomic mass is 35.5. The molecule has 5 rings (SSSR count). The number of amides is 3. The van der Waals surface area contributed by atoms with E-state index in [4.69, 9.17) is 16.3 Å². The molecule has 7 nitrogen and oxygen atoms in total. The highest BCUT2D eigenvalue weighted by molar-refractivity contribution is 8.14. The van der Waals surface area contributed by atoms with Crippen LogP contribution in [0.25, 0.3) is 6.08 Å². The number of allylic oxidation sites excluding steroid dienone is 5. The molecule has 1 aliphatic rings. The maximum absolute atomic E-state index is 14.2. The third-order valence-electron chi connectivity index (χ3n) is 7.98. The molecule has 9 heteroatoms.